The van der Waals surface area contributed by atoms with Gasteiger partial charge in [-0.1, -0.05) is 0 Å². The van der Waals surface area contributed by atoms with Crippen molar-refractivity contribution in [2.45, 2.75) is 19.0 Å². The Labute approximate surface area is 195 Å². The van der Waals surface area contributed by atoms with E-state index in [0.717, 1.165) is 27.8 Å². The predicted octanol–water partition coefficient (Wildman–Crippen LogP) is 5.63. The first-order valence-electron chi connectivity index (χ1n) is 10.4. The second kappa shape index (κ2) is 8.86. The molecule has 0 aliphatic carbocycles. The number of pyridine rings is 2. The number of thiophene rings is 1. The van der Waals surface area contributed by atoms with Gasteiger partial charge in [0.05, 0.1) is 27.8 Å². The van der Waals surface area contributed by atoms with Gasteiger partial charge in [0.25, 0.3) is 5.56 Å². The lowest BCUT2D eigenvalue weighted by atomic mass is 10.1. The topological polar surface area (TPSA) is 80.8 Å². The number of hydrogen-bond acceptors (Lipinski definition) is 6. The third kappa shape index (κ3) is 4.49. The number of H-pyrrole nitrogens is 1. The normalized spacial score (nSPS) is 11.9. The molecule has 0 saturated carbocycles. The number of hydrogen-bond donors (Lipinski definition) is 1. The Hall–Kier alpha value is -3.79. The zero-order valence-corrected chi connectivity index (χ0v) is 18.4. The van der Waals surface area contributed by atoms with Crippen LogP contribution in [0.1, 0.15) is 17.5 Å². The maximum absolute atomic E-state index is 13.8. The molecule has 0 fully saturated rings. The minimum absolute atomic E-state index is 0.0116. The first-order chi connectivity index (χ1) is 16.4. The summed E-state index contributed by atoms with van der Waals surface area (Å²) >= 11 is 1.51. The highest BCUT2D eigenvalue weighted by atomic mass is 32.1. The van der Waals surface area contributed by atoms with E-state index in [2.05, 4.69) is 19.9 Å². The average Bonchev–Trinajstić information content (AvgIpc) is 3.29. The molecule has 10 heteroatoms. The molecule has 1 N–H and O–H groups in total. The molecule has 0 aliphatic heterocycles. The molecular formula is C24H17F3N4O2S. The van der Waals surface area contributed by atoms with Gasteiger partial charge in [-0.15, -0.1) is 11.3 Å². The molecule has 5 aromatic rings. The predicted molar refractivity (Wildman–Crippen MR) is 124 cm³/mol. The zero-order valence-electron chi connectivity index (χ0n) is 17.6. The summed E-state index contributed by atoms with van der Waals surface area (Å²) in [6.45, 7) is 0.0604. The van der Waals surface area contributed by atoms with Crippen LogP contribution in [0, 0.1) is 0 Å². The largest absolute Gasteiger partial charge is 0.493 e. The SMILES string of the molecule is O=c1[nH]c(-c2cc3ccsc3cn2)nc2cc(C(F)(F)F)c(OCCCc3ccncc3)cc12. The molecule has 0 saturated heterocycles. The van der Waals surface area contributed by atoms with Crippen LogP contribution in [0.4, 0.5) is 13.2 Å². The first kappa shape index (κ1) is 22.0. The third-order valence-corrected chi connectivity index (χ3v) is 6.18. The Kier molecular flexibility index (Phi) is 5.74. The van der Waals surface area contributed by atoms with Gasteiger partial charge in [0.2, 0.25) is 0 Å². The molecule has 4 aromatic heterocycles. The standard InChI is InChI=1S/C24H17F3N4O2S/c25-24(26,27)17-12-18-16(11-20(17)33-8-1-2-14-3-6-28-7-4-14)23(32)31-22(30-18)19-10-15-5-9-34-21(15)13-29-19/h3-7,9-13H,1-2,8H2,(H,30,31,32). The van der Waals surface area contributed by atoms with Crippen LogP contribution in [-0.2, 0) is 12.6 Å². The molecule has 0 radical (unpaired) electrons. The van der Waals surface area contributed by atoms with Crippen molar-refractivity contribution < 1.29 is 17.9 Å². The van der Waals surface area contributed by atoms with Gasteiger partial charge < -0.3 is 9.72 Å². The quantitative estimate of drug-likeness (QED) is 0.318. The fraction of sp³-hybridized carbons (Fsp3) is 0.167. The molecule has 0 atom stereocenters. The van der Waals surface area contributed by atoms with Crippen LogP contribution in [0.3, 0.4) is 0 Å². The van der Waals surface area contributed by atoms with Crippen molar-refractivity contribution in [1.29, 1.82) is 0 Å². The van der Waals surface area contributed by atoms with Crippen LogP contribution in [0.2, 0.25) is 0 Å². The lowest BCUT2D eigenvalue weighted by molar-refractivity contribution is -0.138. The van der Waals surface area contributed by atoms with Crippen LogP contribution in [0.15, 0.2) is 65.2 Å². The number of halogens is 3. The van der Waals surface area contributed by atoms with E-state index in [9.17, 15) is 18.0 Å². The third-order valence-electron chi connectivity index (χ3n) is 5.31. The molecule has 0 bridgehead atoms. The van der Waals surface area contributed by atoms with E-state index in [-0.39, 0.29) is 23.3 Å². The minimum Gasteiger partial charge on any atom is -0.493 e. The van der Waals surface area contributed by atoms with Crippen LogP contribution in [0.5, 0.6) is 5.75 Å². The van der Waals surface area contributed by atoms with E-state index in [0.29, 0.717) is 18.5 Å². The number of alkyl halides is 3. The van der Waals surface area contributed by atoms with E-state index in [1.807, 2.05) is 23.6 Å². The zero-order chi connectivity index (χ0) is 23.7. The Balaban J connectivity index is 1.47. The summed E-state index contributed by atoms with van der Waals surface area (Å²) in [4.78, 5) is 27.9. The smallest absolute Gasteiger partial charge is 0.420 e. The maximum atomic E-state index is 13.8. The Morgan fingerprint density at radius 1 is 1.09 bits per heavy atom. The van der Waals surface area contributed by atoms with Crippen LogP contribution < -0.4 is 10.3 Å². The van der Waals surface area contributed by atoms with E-state index in [1.54, 1.807) is 24.7 Å². The van der Waals surface area contributed by atoms with Crippen molar-refractivity contribution in [2.24, 2.45) is 0 Å². The van der Waals surface area contributed by atoms with Gasteiger partial charge in [-0.05, 0) is 65.6 Å². The highest BCUT2D eigenvalue weighted by Crippen LogP contribution is 2.38. The highest BCUT2D eigenvalue weighted by molar-refractivity contribution is 7.17. The van der Waals surface area contributed by atoms with Crippen molar-refractivity contribution in [2.75, 3.05) is 6.61 Å². The Morgan fingerprint density at radius 2 is 1.91 bits per heavy atom. The number of aromatic amines is 1. The van der Waals surface area contributed by atoms with Gasteiger partial charge in [0, 0.05) is 18.6 Å². The maximum Gasteiger partial charge on any atom is 0.420 e. The van der Waals surface area contributed by atoms with Crippen molar-refractivity contribution in [1.82, 2.24) is 19.9 Å². The fourth-order valence-corrected chi connectivity index (χ4v) is 4.37. The van der Waals surface area contributed by atoms with Gasteiger partial charge in [0.15, 0.2) is 5.82 Å². The lowest BCUT2D eigenvalue weighted by Gasteiger charge is -2.15. The molecule has 1 aromatic carbocycles. The highest BCUT2D eigenvalue weighted by Gasteiger charge is 2.35. The molecule has 6 nitrogen and oxygen atoms in total. The monoisotopic (exact) mass is 482 g/mol. The van der Waals surface area contributed by atoms with E-state index < -0.39 is 23.0 Å². The van der Waals surface area contributed by atoms with Crippen LogP contribution in [-0.4, -0.2) is 26.5 Å². The summed E-state index contributed by atoms with van der Waals surface area (Å²) in [5.74, 6) is -0.294. The molecule has 172 valence electrons. The van der Waals surface area contributed by atoms with Gasteiger partial charge >= 0.3 is 6.18 Å². The van der Waals surface area contributed by atoms with Crippen molar-refractivity contribution >= 4 is 32.3 Å². The van der Waals surface area contributed by atoms with Gasteiger partial charge in [0.1, 0.15) is 11.4 Å². The van der Waals surface area contributed by atoms with E-state index in [4.69, 9.17) is 4.74 Å². The molecule has 5 rings (SSSR count). The summed E-state index contributed by atoms with van der Waals surface area (Å²) in [7, 11) is 0. The first-order valence-corrected chi connectivity index (χ1v) is 11.3. The number of fused-ring (bicyclic) bond motifs is 2. The summed E-state index contributed by atoms with van der Waals surface area (Å²) in [5, 5.41) is 2.82. The van der Waals surface area contributed by atoms with Gasteiger partial charge in [-0.25, -0.2) is 4.98 Å². The average molecular weight is 482 g/mol. The summed E-state index contributed by atoms with van der Waals surface area (Å²) in [6.07, 6.45) is 1.41. The summed E-state index contributed by atoms with van der Waals surface area (Å²) < 4.78 is 47.8. The van der Waals surface area contributed by atoms with Crippen molar-refractivity contribution in [3.8, 4) is 17.3 Å². The van der Waals surface area contributed by atoms with Crippen LogP contribution in [0.25, 0.3) is 32.5 Å². The number of nitrogens with zero attached hydrogens (tertiary/aromatic N) is 3. The number of aryl methyl sites for hydroxylation is 1. The molecular weight excluding hydrogens is 465 g/mol. The van der Waals surface area contributed by atoms with Gasteiger partial charge in [-0.3, -0.25) is 14.8 Å². The Morgan fingerprint density at radius 3 is 2.71 bits per heavy atom. The number of nitrogens with one attached hydrogen (secondary N) is 1. The number of aromatic nitrogens is 4. The molecule has 0 aliphatic rings. The molecule has 0 unspecified atom stereocenters. The number of ether oxygens (including phenoxy) is 1. The molecule has 4 heterocycles. The van der Waals surface area contributed by atoms with E-state index in [1.165, 1.54) is 11.3 Å². The lowest BCUT2D eigenvalue weighted by Crippen LogP contribution is -2.14. The second-order valence-corrected chi connectivity index (χ2v) is 8.56. The molecule has 0 amide bonds. The second-order valence-electron chi connectivity index (χ2n) is 7.61. The van der Waals surface area contributed by atoms with Gasteiger partial charge in [-0.2, -0.15) is 13.2 Å². The van der Waals surface area contributed by atoms with E-state index >= 15 is 0 Å². The molecule has 0 spiro atoms. The van der Waals surface area contributed by atoms with Crippen molar-refractivity contribution in [3.05, 3.63) is 81.8 Å². The number of rotatable bonds is 6. The fourth-order valence-electron chi connectivity index (χ4n) is 3.63. The van der Waals surface area contributed by atoms with Crippen LogP contribution >= 0.6 is 11.3 Å². The van der Waals surface area contributed by atoms with Crippen molar-refractivity contribution in [3.63, 3.8) is 0 Å². The minimum atomic E-state index is -4.67. The Bertz CT molecular complexity index is 1530. The summed E-state index contributed by atoms with van der Waals surface area (Å²) in [6, 6.07) is 9.27. The molecule has 34 heavy (non-hydrogen) atoms. The number of benzene rings is 1. The summed E-state index contributed by atoms with van der Waals surface area (Å²) in [5.41, 5.74) is -0.246.